The second kappa shape index (κ2) is 8.34. The molecular formula is C20H22N2O4. The topological polar surface area (TPSA) is 88.4 Å². The first-order chi connectivity index (χ1) is 12.5. The van der Waals surface area contributed by atoms with Crippen LogP contribution in [-0.2, 0) is 19.1 Å². The van der Waals surface area contributed by atoms with Crippen LogP contribution in [0.25, 0.3) is 0 Å². The van der Waals surface area contributed by atoms with Gasteiger partial charge in [0, 0.05) is 11.4 Å². The van der Waals surface area contributed by atoms with E-state index in [-0.39, 0.29) is 13.2 Å². The lowest BCUT2D eigenvalue weighted by Crippen LogP contribution is -2.32. The van der Waals surface area contributed by atoms with E-state index in [1.54, 1.807) is 52.0 Å². The minimum absolute atomic E-state index is 0.208. The molecule has 1 aromatic rings. The maximum absolute atomic E-state index is 12.6. The van der Waals surface area contributed by atoms with Gasteiger partial charge in [-0.2, -0.15) is 5.26 Å². The summed E-state index contributed by atoms with van der Waals surface area (Å²) in [6.07, 6.45) is 0. The molecule has 0 amide bonds. The van der Waals surface area contributed by atoms with Crippen LogP contribution < -0.4 is 5.32 Å². The van der Waals surface area contributed by atoms with E-state index in [4.69, 9.17) is 9.47 Å². The molecule has 0 unspecified atom stereocenters. The van der Waals surface area contributed by atoms with Crippen LogP contribution in [0.2, 0.25) is 0 Å². The average molecular weight is 354 g/mol. The molecule has 0 aromatic heterocycles. The van der Waals surface area contributed by atoms with Crippen LogP contribution in [0.5, 0.6) is 0 Å². The van der Waals surface area contributed by atoms with E-state index in [0.29, 0.717) is 33.7 Å². The molecule has 6 nitrogen and oxygen atoms in total. The molecular weight excluding hydrogens is 332 g/mol. The van der Waals surface area contributed by atoms with Crippen LogP contribution in [0.15, 0.2) is 46.8 Å². The van der Waals surface area contributed by atoms with Gasteiger partial charge in [0.15, 0.2) is 0 Å². The van der Waals surface area contributed by atoms with Crippen molar-refractivity contribution in [2.45, 2.75) is 33.6 Å². The van der Waals surface area contributed by atoms with Gasteiger partial charge >= 0.3 is 11.9 Å². The second-order valence-electron chi connectivity index (χ2n) is 5.78. The number of carbonyl (C=O) groups is 2. The number of hydrogen-bond donors (Lipinski definition) is 1. The van der Waals surface area contributed by atoms with Crippen molar-refractivity contribution in [3.8, 4) is 6.07 Å². The number of carbonyl (C=O) groups excluding carboxylic acids is 2. The zero-order valence-electron chi connectivity index (χ0n) is 15.4. The number of hydrogen-bond acceptors (Lipinski definition) is 6. The minimum atomic E-state index is -0.731. The molecule has 0 aliphatic carbocycles. The molecule has 1 aromatic carbocycles. The Hall–Kier alpha value is -3.07. The Labute approximate surface area is 153 Å². The van der Waals surface area contributed by atoms with Gasteiger partial charge in [0.2, 0.25) is 0 Å². The fourth-order valence-electron chi connectivity index (χ4n) is 3.11. The summed E-state index contributed by atoms with van der Waals surface area (Å²) in [6, 6.07) is 9.05. The quantitative estimate of drug-likeness (QED) is 0.818. The Morgan fingerprint density at radius 1 is 1.04 bits per heavy atom. The van der Waals surface area contributed by atoms with E-state index in [9.17, 15) is 14.9 Å². The number of nitrogens with zero attached hydrogens (tertiary/aromatic N) is 1. The summed E-state index contributed by atoms with van der Waals surface area (Å²) in [6.45, 7) is 7.35. The Bertz CT molecular complexity index is 790. The van der Waals surface area contributed by atoms with Crippen molar-refractivity contribution >= 4 is 11.9 Å². The van der Waals surface area contributed by atoms with Crippen molar-refractivity contribution in [3.63, 3.8) is 0 Å². The number of allylic oxidation sites excluding steroid dienone is 2. The lowest BCUT2D eigenvalue weighted by molar-refractivity contribution is -0.139. The predicted molar refractivity (Wildman–Crippen MR) is 95.7 cm³/mol. The molecule has 1 N–H and O–H groups in total. The molecule has 136 valence electrons. The fourth-order valence-corrected chi connectivity index (χ4v) is 3.11. The van der Waals surface area contributed by atoms with E-state index >= 15 is 0 Å². The molecule has 0 saturated carbocycles. The number of nitriles is 1. The molecule has 0 spiro atoms. The standard InChI is InChI=1S/C20H22N2O4/c1-5-25-19(23)16-12(3)22-13(4)17(20(24)26-6-2)18(16)15-10-8-7-9-14(15)11-21/h7-10,18,22H,5-6H2,1-4H3. The molecule has 1 aliphatic heterocycles. The number of esters is 2. The highest BCUT2D eigenvalue weighted by atomic mass is 16.5. The average Bonchev–Trinajstić information content (AvgIpc) is 2.61. The lowest BCUT2D eigenvalue weighted by atomic mass is 9.79. The van der Waals surface area contributed by atoms with Crippen molar-refractivity contribution in [1.82, 2.24) is 5.32 Å². The Morgan fingerprint density at radius 3 is 2.00 bits per heavy atom. The number of benzene rings is 1. The summed E-state index contributed by atoms with van der Waals surface area (Å²) in [5.74, 6) is -1.78. The van der Waals surface area contributed by atoms with E-state index < -0.39 is 17.9 Å². The lowest BCUT2D eigenvalue weighted by Gasteiger charge is -2.30. The number of rotatable bonds is 5. The van der Waals surface area contributed by atoms with Gasteiger partial charge in [-0.25, -0.2) is 9.59 Å². The first kappa shape index (κ1) is 19.3. The molecule has 1 aliphatic rings. The molecule has 0 radical (unpaired) electrons. The van der Waals surface area contributed by atoms with Gasteiger partial charge < -0.3 is 14.8 Å². The number of nitrogens with one attached hydrogen (secondary N) is 1. The summed E-state index contributed by atoms with van der Waals surface area (Å²) < 4.78 is 10.4. The molecule has 0 bridgehead atoms. The molecule has 0 atom stereocenters. The van der Waals surface area contributed by atoms with Gasteiger partial charge in [-0.3, -0.25) is 0 Å². The smallest absolute Gasteiger partial charge is 0.336 e. The minimum Gasteiger partial charge on any atom is -0.463 e. The Balaban J connectivity index is 2.72. The summed E-state index contributed by atoms with van der Waals surface area (Å²) in [5, 5.41) is 12.6. The van der Waals surface area contributed by atoms with Crippen molar-refractivity contribution < 1.29 is 19.1 Å². The number of ether oxygens (including phenoxy) is 2. The second-order valence-corrected chi connectivity index (χ2v) is 5.78. The molecule has 6 heteroatoms. The van der Waals surface area contributed by atoms with E-state index in [1.807, 2.05) is 0 Å². The highest BCUT2D eigenvalue weighted by Gasteiger charge is 2.38. The van der Waals surface area contributed by atoms with Gasteiger partial charge in [-0.15, -0.1) is 0 Å². The molecule has 2 rings (SSSR count). The first-order valence-corrected chi connectivity index (χ1v) is 8.48. The third-order valence-electron chi connectivity index (χ3n) is 4.14. The summed E-state index contributed by atoms with van der Waals surface area (Å²) >= 11 is 0. The van der Waals surface area contributed by atoms with Crippen molar-refractivity contribution in [1.29, 1.82) is 5.26 Å². The third kappa shape index (κ3) is 3.62. The van der Waals surface area contributed by atoms with E-state index in [2.05, 4.69) is 11.4 Å². The van der Waals surface area contributed by atoms with Crippen molar-refractivity contribution in [3.05, 3.63) is 57.9 Å². The Kier molecular flexibility index (Phi) is 6.18. The maximum Gasteiger partial charge on any atom is 0.336 e. The molecule has 0 fully saturated rings. The van der Waals surface area contributed by atoms with Crippen LogP contribution in [0.3, 0.4) is 0 Å². The zero-order chi connectivity index (χ0) is 19.3. The van der Waals surface area contributed by atoms with Gasteiger partial charge in [0.05, 0.1) is 41.9 Å². The van der Waals surface area contributed by atoms with Crippen LogP contribution in [0.1, 0.15) is 44.7 Å². The van der Waals surface area contributed by atoms with Gasteiger partial charge in [0.25, 0.3) is 0 Å². The molecule has 1 heterocycles. The van der Waals surface area contributed by atoms with Crippen molar-refractivity contribution in [2.24, 2.45) is 0 Å². The van der Waals surface area contributed by atoms with Crippen LogP contribution in [0.4, 0.5) is 0 Å². The zero-order valence-corrected chi connectivity index (χ0v) is 15.4. The molecule has 26 heavy (non-hydrogen) atoms. The van der Waals surface area contributed by atoms with Gasteiger partial charge in [-0.1, -0.05) is 18.2 Å². The summed E-state index contributed by atoms with van der Waals surface area (Å²) in [4.78, 5) is 25.3. The van der Waals surface area contributed by atoms with E-state index in [0.717, 1.165) is 0 Å². The Morgan fingerprint density at radius 2 is 1.54 bits per heavy atom. The number of dihydropyridines is 1. The normalized spacial score (nSPS) is 14.6. The molecule has 0 saturated heterocycles. The SMILES string of the molecule is CCOC(=O)C1=C(C)NC(C)=C(C(=O)OCC)C1c1ccccc1C#N. The van der Waals surface area contributed by atoms with Crippen LogP contribution in [0, 0.1) is 11.3 Å². The maximum atomic E-state index is 12.6. The first-order valence-electron chi connectivity index (χ1n) is 8.48. The highest BCUT2D eigenvalue weighted by Crippen LogP contribution is 2.40. The monoisotopic (exact) mass is 354 g/mol. The third-order valence-corrected chi connectivity index (χ3v) is 4.14. The largest absolute Gasteiger partial charge is 0.463 e. The predicted octanol–water partition coefficient (Wildman–Crippen LogP) is 2.92. The fraction of sp³-hybridized carbons (Fsp3) is 0.350. The summed E-state index contributed by atoms with van der Waals surface area (Å²) in [7, 11) is 0. The van der Waals surface area contributed by atoms with Crippen LogP contribution >= 0.6 is 0 Å². The van der Waals surface area contributed by atoms with Gasteiger partial charge in [-0.05, 0) is 39.3 Å². The van der Waals surface area contributed by atoms with Crippen LogP contribution in [-0.4, -0.2) is 25.2 Å². The van der Waals surface area contributed by atoms with Gasteiger partial charge in [0.1, 0.15) is 0 Å². The van der Waals surface area contributed by atoms with E-state index in [1.165, 1.54) is 0 Å². The highest BCUT2D eigenvalue weighted by molar-refractivity contribution is 6.00. The van der Waals surface area contributed by atoms with Crippen molar-refractivity contribution in [2.75, 3.05) is 13.2 Å². The summed E-state index contributed by atoms with van der Waals surface area (Å²) in [5.41, 5.74) is 2.76.